The third-order valence-corrected chi connectivity index (χ3v) is 19.9. The predicted molar refractivity (Wildman–Crippen MR) is 91.6 cm³/mol. The molecule has 0 amide bonds. The Bertz CT molecular complexity index is 345. The van der Waals surface area contributed by atoms with Gasteiger partial charge in [-0.1, -0.05) is 0 Å². The first kappa shape index (κ1) is 18.2. The molecule has 0 aromatic carbocycles. The zero-order chi connectivity index (χ0) is 14.8. The van der Waals surface area contributed by atoms with E-state index in [9.17, 15) is 0 Å². The molecule has 0 aliphatic rings. The van der Waals surface area contributed by atoms with Crippen LogP contribution in [0.3, 0.4) is 0 Å². The van der Waals surface area contributed by atoms with Crippen LogP contribution in [0.2, 0.25) is 18.6 Å². The number of unbranched alkanes of at least 4 members (excludes halogenated alkanes) is 3. The minimum atomic E-state index is -2.31. The average Bonchev–Trinajstić information content (AvgIpc) is 2.48. The Morgan fingerprint density at radius 3 is 1.60 bits per heavy atom. The molecule has 0 radical (unpaired) electrons. The van der Waals surface area contributed by atoms with Crippen molar-refractivity contribution in [2.45, 2.75) is 72.6 Å². The Hall–Kier alpha value is 0.169. The minimum absolute atomic E-state index is 0.385. The molecule has 20 heavy (non-hydrogen) atoms. The summed E-state index contributed by atoms with van der Waals surface area (Å²) in [4.78, 5) is 8.55. The van der Waals surface area contributed by atoms with Crippen LogP contribution in [0.1, 0.15) is 59.3 Å². The van der Waals surface area contributed by atoms with Crippen LogP contribution in [-0.2, 0) is 0 Å². The second kappa shape index (κ2) is 9.99. The molecule has 0 unspecified atom stereocenters. The van der Waals surface area contributed by atoms with Crippen LogP contribution < -0.4 is 3.58 Å². The van der Waals surface area contributed by atoms with Crippen LogP contribution in [-0.4, -0.2) is 28.3 Å². The molecule has 0 bridgehead atoms. The fraction of sp³-hybridized carbons (Fsp3) is 0.750. The van der Waals surface area contributed by atoms with Gasteiger partial charge < -0.3 is 0 Å². The van der Waals surface area contributed by atoms with Gasteiger partial charge >= 0.3 is 134 Å². The van der Waals surface area contributed by atoms with E-state index in [-0.39, 0.29) is 0 Å². The summed E-state index contributed by atoms with van der Waals surface area (Å²) in [6, 6.07) is 0. The van der Waals surface area contributed by atoms with E-state index in [1.807, 2.05) is 12.4 Å². The number of nitrogens with zero attached hydrogens (tertiary/aromatic N) is 2. The summed E-state index contributed by atoms with van der Waals surface area (Å²) in [5, 5.41) is 0.385. The molecule has 0 saturated carbocycles. The Morgan fingerprint density at radius 2 is 1.25 bits per heavy atom. The van der Waals surface area contributed by atoms with Gasteiger partial charge in [-0.15, -0.1) is 0 Å². The molecule has 0 spiro atoms. The van der Waals surface area contributed by atoms with Crippen LogP contribution in [0.25, 0.3) is 0 Å². The molecule has 2 nitrogen and oxygen atoms in total. The first-order valence-corrected chi connectivity index (χ1v) is 16.0. The monoisotopic (exact) mass is 404 g/mol. The van der Waals surface area contributed by atoms with Crippen molar-refractivity contribution in [3.05, 3.63) is 17.7 Å². The van der Waals surface area contributed by atoms with Crippen molar-refractivity contribution in [1.82, 2.24) is 9.97 Å². The normalized spacial score (nSPS) is 11.8. The molecule has 4 heteroatoms. The van der Waals surface area contributed by atoms with Gasteiger partial charge in [-0.2, -0.15) is 0 Å². The van der Waals surface area contributed by atoms with Gasteiger partial charge in [0.05, 0.1) is 0 Å². The van der Waals surface area contributed by atoms with Crippen molar-refractivity contribution in [1.29, 1.82) is 0 Å². The van der Waals surface area contributed by atoms with Crippen molar-refractivity contribution >= 4 is 33.6 Å². The number of aromatic nitrogens is 2. The molecule has 0 saturated heterocycles. The van der Waals surface area contributed by atoms with Gasteiger partial charge in [0.15, 0.2) is 0 Å². The Morgan fingerprint density at radius 1 is 0.850 bits per heavy atom. The summed E-state index contributed by atoms with van der Waals surface area (Å²) in [7, 11) is 0. The van der Waals surface area contributed by atoms with Gasteiger partial charge in [0.1, 0.15) is 0 Å². The molecular formula is C16H29ClN2Sn. The third kappa shape index (κ3) is 5.51. The summed E-state index contributed by atoms with van der Waals surface area (Å²) in [6.45, 7) is 6.90. The topological polar surface area (TPSA) is 25.8 Å². The van der Waals surface area contributed by atoms with Crippen LogP contribution in [0.4, 0.5) is 0 Å². The van der Waals surface area contributed by atoms with Gasteiger partial charge in [-0.3, -0.25) is 0 Å². The molecule has 0 fully saturated rings. The van der Waals surface area contributed by atoms with E-state index < -0.39 is 18.4 Å². The van der Waals surface area contributed by atoms with Crippen molar-refractivity contribution < 1.29 is 0 Å². The van der Waals surface area contributed by atoms with Crippen LogP contribution in [0, 0.1) is 0 Å². The molecular weight excluding hydrogens is 374 g/mol. The molecule has 0 aliphatic heterocycles. The van der Waals surface area contributed by atoms with Gasteiger partial charge in [0, 0.05) is 0 Å². The van der Waals surface area contributed by atoms with Gasteiger partial charge in [0.2, 0.25) is 0 Å². The van der Waals surface area contributed by atoms with E-state index in [1.165, 1.54) is 55.4 Å². The Balaban J connectivity index is 3.00. The first-order valence-electron chi connectivity index (χ1n) is 8.16. The molecule has 0 atom stereocenters. The van der Waals surface area contributed by atoms with E-state index in [1.54, 1.807) is 0 Å². The number of hydrogen-bond acceptors (Lipinski definition) is 2. The van der Waals surface area contributed by atoms with E-state index in [0.29, 0.717) is 5.28 Å². The van der Waals surface area contributed by atoms with Crippen molar-refractivity contribution in [2.75, 3.05) is 0 Å². The Labute approximate surface area is 133 Å². The van der Waals surface area contributed by atoms with E-state index in [2.05, 4.69) is 30.7 Å². The molecule has 0 N–H and O–H groups in total. The molecule has 1 heterocycles. The Kier molecular flexibility index (Phi) is 9.10. The molecule has 1 aromatic rings. The fourth-order valence-electron chi connectivity index (χ4n) is 2.94. The zero-order valence-corrected chi connectivity index (χ0v) is 16.9. The maximum atomic E-state index is 5.88. The van der Waals surface area contributed by atoms with Gasteiger partial charge in [-0.05, 0) is 0 Å². The summed E-state index contributed by atoms with van der Waals surface area (Å²) < 4.78 is 5.86. The predicted octanol–water partition coefficient (Wildman–Crippen LogP) is 5.19. The van der Waals surface area contributed by atoms with Crippen LogP contribution in [0.5, 0.6) is 0 Å². The second-order valence-corrected chi connectivity index (χ2v) is 19.4. The van der Waals surface area contributed by atoms with Crippen LogP contribution in [0.15, 0.2) is 12.4 Å². The summed E-state index contributed by atoms with van der Waals surface area (Å²) in [6.07, 6.45) is 12.1. The third-order valence-electron chi connectivity index (χ3n) is 4.26. The number of hydrogen-bond donors (Lipinski definition) is 0. The van der Waals surface area contributed by atoms with Crippen molar-refractivity contribution in [2.24, 2.45) is 0 Å². The van der Waals surface area contributed by atoms with E-state index in [4.69, 9.17) is 11.6 Å². The van der Waals surface area contributed by atoms with Crippen molar-refractivity contribution in [3.8, 4) is 0 Å². The van der Waals surface area contributed by atoms with Gasteiger partial charge in [-0.25, -0.2) is 0 Å². The molecule has 1 rings (SSSR count). The maximum absolute atomic E-state index is 5.88. The SMILES string of the molecule is CCC[CH2][Sn]([CH2]CCC)([CH2]CCC)[c]1cnc(Cl)nc1. The summed E-state index contributed by atoms with van der Waals surface area (Å²) in [5.74, 6) is 0. The quantitative estimate of drug-likeness (QED) is 0.397. The number of halogens is 1. The molecule has 114 valence electrons. The summed E-state index contributed by atoms with van der Waals surface area (Å²) in [5.41, 5.74) is 0. The van der Waals surface area contributed by atoms with E-state index >= 15 is 0 Å². The summed E-state index contributed by atoms with van der Waals surface area (Å²) >= 11 is 3.57. The first-order chi connectivity index (χ1) is 9.68. The molecule has 1 aromatic heterocycles. The molecule has 0 aliphatic carbocycles. The average molecular weight is 404 g/mol. The fourth-order valence-corrected chi connectivity index (χ4v) is 18.4. The van der Waals surface area contributed by atoms with Crippen molar-refractivity contribution in [3.63, 3.8) is 0 Å². The zero-order valence-electron chi connectivity index (χ0n) is 13.3. The second-order valence-electron chi connectivity index (χ2n) is 5.83. The standard InChI is InChI=1S/C4H2ClN2.3C4H9.Sn/c5-4-6-2-1-3-7-4;3*1-3-4-2;/h2-3H;3*1,3-4H2,2H3;. The van der Waals surface area contributed by atoms with Gasteiger partial charge in [0.25, 0.3) is 0 Å². The van der Waals surface area contributed by atoms with E-state index in [0.717, 1.165) is 0 Å². The number of rotatable bonds is 10. The van der Waals surface area contributed by atoms with Crippen LogP contribution >= 0.6 is 11.6 Å².